The highest BCUT2D eigenvalue weighted by Gasteiger charge is 2.36. The van der Waals surface area contributed by atoms with Gasteiger partial charge in [-0.1, -0.05) is 74.2 Å². The molecule has 0 spiro atoms. The highest BCUT2D eigenvalue weighted by Crippen LogP contribution is 2.44. The molecule has 0 atom stereocenters. The molecule has 0 saturated heterocycles. The lowest BCUT2D eigenvalue weighted by Gasteiger charge is -2.32. The van der Waals surface area contributed by atoms with Gasteiger partial charge >= 0.3 is 0 Å². The molecule has 0 amide bonds. The largest absolute Gasteiger partial charge is 0.366 e. The summed E-state index contributed by atoms with van der Waals surface area (Å²) in [6.45, 7) is 2.70. The van der Waals surface area contributed by atoms with Gasteiger partial charge in [-0.25, -0.2) is 0 Å². The summed E-state index contributed by atoms with van der Waals surface area (Å²) in [5.74, 6) is 0.180. The van der Waals surface area contributed by atoms with E-state index >= 15 is 0 Å². The van der Waals surface area contributed by atoms with Crippen molar-refractivity contribution in [2.24, 2.45) is 5.73 Å². The van der Waals surface area contributed by atoms with Crippen molar-refractivity contribution >= 4 is 17.1 Å². The van der Waals surface area contributed by atoms with Gasteiger partial charge in [-0.05, 0) is 30.5 Å². The fourth-order valence-corrected chi connectivity index (χ4v) is 4.37. The topological polar surface area (TPSA) is 46.3 Å². The average Bonchev–Trinajstić information content (AvgIpc) is 3.01. The van der Waals surface area contributed by atoms with Crippen LogP contribution >= 0.6 is 0 Å². The third kappa shape index (κ3) is 3.44. The van der Waals surface area contributed by atoms with Crippen molar-refractivity contribution in [3.63, 3.8) is 0 Å². The van der Waals surface area contributed by atoms with E-state index in [2.05, 4.69) is 29.2 Å². The van der Waals surface area contributed by atoms with Crippen LogP contribution < -0.4 is 5.73 Å². The van der Waals surface area contributed by atoms with E-state index in [1.54, 1.807) is 0 Å². The standard InChI is InChI=1S/C24H28N2O/c25-15-9-3-1-2-4-10-16-26-17-18-11-5-6-12-19(18)22-23(26)20-13-7-8-14-21(20)24(22)27/h5-8,11-14H,1-4,9-10,15-17,25H2. The molecule has 0 aromatic heterocycles. The first kappa shape index (κ1) is 18.0. The van der Waals surface area contributed by atoms with Gasteiger partial charge in [0.25, 0.3) is 0 Å². The molecule has 140 valence electrons. The van der Waals surface area contributed by atoms with E-state index in [0.29, 0.717) is 0 Å². The second kappa shape index (κ2) is 8.10. The van der Waals surface area contributed by atoms with Gasteiger partial charge in [-0.3, -0.25) is 4.79 Å². The minimum absolute atomic E-state index is 0.180. The highest BCUT2D eigenvalue weighted by molar-refractivity contribution is 6.40. The summed E-state index contributed by atoms with van der Waals surface area (Å²) in [4.78, 5) is 15.6. The molecule has 0 fully saturated rings. The number of hydrogen-bond acceptors (Lipinski definition) is 3. The van der Waals surface area contributed by atoms with Gasteiger partial charge in [0.2, 0.25) is 0 Å². The highest BCUT2D eigenvalue weighted by atomic mass is 16.1. The number of rotatable bonds is 8. The number of carbonyl (C=O) groups excluding carboxylic acids is 1. The van der Waals surface area contributed by atoms with Gasteiger partial charge in [0, 0.05) is 24.2 Å². The maximum atomic E-state index is 13.1. The Kier molecular flexibility index (Phi) is 5.40. The third-order valence-electron chi connectivity index (χ3n) is 5.74. The molecule has 1 heterocycles. The van der Waals surface area contributed by atoms with Crippen LogP contribution in [-0.2, 0) is 6.54 Å². The Hall–Kier alpha value is -2.39. The normalized spacial score (nSPS) is 15.0. The van der Waals surface area contributed by atoms with Crippen molar-refractivity contribution < 1.29 is 4.79 Å². The monoisotopic (exact) mass is 360 g/mol. The molecule has 2 aromatic carbocycles. The van der Waals surface area contributed by atoms with Crippen LogP contribution in [-0.4, -0.2) is 23.8 Å². The van der Waals surface area contributed by atoms with Crippen molar-refractivity contribution in [2.75, 3.05) is 13.1 Å². The van der Waals surface area contributed by atoms with E-state index in [4.69, 9.17) is 5.73 Å². The summed E-state index contributed by atoms with van der Waals surface area (Å²) in [6, 6.07) is 16.4. The van der Waals surface area contributed by atoms with Crippen LogP contribution in [0.5, 0.6) is 0 Å². The second-order valence-electron chi connectivity index (χ2n) is 7.59. The third-order valence-corrected chi connectivity index (χ3v) is 5.74. The van der Waals surface area contributed by atoms with Crippen LogP contribution in [0, 0.1) is 0 Å². The lowest BCUT2D eigenvalue weighted by molar-refractivity contribution is 0.105. The van der Waals surface area contributed by atoms with Gasteiger partial charge in [-0.15, -0.1) is 0 Å². The van der Waals surface area contributed by atoms with Crippen LogP contribution in [0.2, 0.25) is 0 Å². The Morgan fingerprint density at radius 3 is 2.19 bits per heavy atom. The molecular weight excluding hydrogens is 332 g/mol. The van der Waals surface area contributed by atoms with E-state index in [1.165, 1.54) is 31.2 Å². The van der Waals surface area contributed by atoms with Crippen LogP contribution in [0.25, 0.3) is 11.3 Å². The smallest absolute Gasteiger partial charge is 0.196 e. The molecule has 4 rings (SSSR count). The van der Waals surface area contributed by atoms with Gasteiger partial charge in [0.15, 0.2) is 5.78 Å². The molecule has 0 unspecified atom stereocenters. The van der Waals surface area contributed by atoms with Crippen molar-refractivity contribution in [3.05, 3.63) is 70.8 Å². The number of ketones is 1. The molecule has 3 nitrogen and oxygen atoms in total. The lowest BCUT2D eigenvalue weighted by Crippen LogP contribution is -2.27. The van der Waals surface area contributed by atoms with E-state index in [0.717, 1.165) is 60.4 Å². The minimum atomic E-state index is 0.180. The molecule has 0 radical (unpaired) electrons. The molecule has 27 heavy (non-hydrogen) atoms. The zero-order valence-corrected chi connectivity index (χ0v) is 15.9. The molecular formula is C24H28N2O. The Morgan fingerprint density at radius 1 is 0.778 bits per heavy atom. The summed E-state index contributed by atoms with van der Waals surface area (Å²) >= 11 is 0. The number of hydrogen-bond donors (Lipinski definition) is 1. The minimum Gasteiger partial charge on any atom is -0.366 e. The molecule has 2 aromatic rings. The summed E-state index contributed by atoms with van der Waals surface area (Å²) in [5, 5.41) is 0. The van der Waals surface area contributed by atoms with Crippen LogP contribution in [0.3, 0.4) is 0 Å². The van der Waals surface area contributed by atoms with Crippen molar-refractivity contribution in [3.8, 4) is 0 Å². The fourth-order valence-electron chi connectivity index (χ4n) is 4.37. The van der Waals surface area contributed by atoms with Crippen LogP contribution in [0.15, 0.2) is 48.5 Å². The average molecular weight is 361 g/mol. The number of fused-ring (bicyclic) bond motifs is 4. The molecule has 1 aliphatic carbocycles. The summed E-state index contributed by atoms with van der Waals surface area (Å²) < 4.78 is 0. The van der Waals surface area contributed by atoms with E-state index in [1.807, 2.05) is 24.3 Å². The summed E-state index contributed by atoms with van der Waals surface area (Å²) in [5.41, 5.74) is 12.0. The number of nitrogens with zero attached hydrogens (tertiary/aromatic N) is 1. The second-order valence-corrected chi connectivity index (χ2v) is 7.59. The first-order chi connectivity index (χ1) is 13.3. The Bertz CT molecular complexity index is 868. The number of benzene rings is 2. The number of Topliss-reactive ketones (excluding diaryl/α,β-unsaturated/α-hetero) is 1. The first-order valence-electron chi connectivity index (χ1n) is 10.2. The molecule has 1 aliphatic heterocycles. The lowest BCUT2D eigenvalue weighted by atomic mass is 9.92. The summed E-state index contributed by atoms with van der Waals surface area (Å²) in [7, 11) is 0. The zero-order chi connectivity index (χ0) is 18.6. The van der Waals surface area contributed by atoms with Gasteiger partial charge in [-0.2, -0.15) is 0 Å². The molecule has 0 bridgehead atoms. The first-order valence-corrected chi connectivity index (χ1v) is 10.2. The quantitative estimate of drug-likeness (QED) is 0.684. The van der Waals surface area contributed by atoms with Crippen molar-refractivity contribution in [1.82, 2.24) is 4.90 Å². The van der Waals surface area contributed by atoms with Crippen LogP contribution in [0.1, 0.15) is 65.6 Å². The van der Waals surface area contributed by atoms with Gasteiger partial charge in [0.1, 0.15) is 0 Å². The number of carbonyl (C=O) groups is 1. The van der Waals surface area contributed by atoms with Crippen LogP contribution in [0.4, 0.5) is 0 Å². The number of unbranched alkanes of at least 4 members (excludes halogenated alkanes) is 5. The van der Waals surface area contributed by atoms with E-state index < -0.39 is 0 Å². The van der Waals surface area contributed by atoms with E-state index in [9.17, 15) is 4.79 Å². The predicted molar refractivity (Wildman–Crippen MR) is 111 cm³/mol. The number of allylic oxidation sites excluding steroid dienone is 1. The zero-order valence-electron chi connectivity index (χ0n) is 15.9. The Balaban J connectivity index is 1.54. The Morgan fingerprint density at radius 2 is 1.41 bits per heavy atom. The fraction of sp³-hybridized carbons (Fsp3) is 0.375. The molecule has 3 heteroatoms. The van der Waals surface area contributed by atoms with E-state index in [-0.39, 0.29) is 5.78 Å². The summed E-state index contributed by atoms with van der Waals surface area (Å²) in [6.07, 6.45) is 7.32. The molecule has 2 aliphatic rings. The Labute approximate surface area is 161 Å². The predicted octanol–water partition coefficient (Wildman–Crippen LogP) is 4.87. The van der Waals surface area contributed by atoms with Gasteiger partial charge in [0.05, 0.1) is 11.3 Å². The SMILES string of the molecule is NCCCCCCCCN1Cc2ccccc2C2=C1c1ccccc1C2=O. The molecule has 0 saturated carbocycles. The van der Waals surface area contributed by atoms with Gasteiger partial charge < -0.3 is 10.6 Å². The maximum Gasteiger partial charge on any atom is 0.196 e. The van der Waals surface area contributed by atoms with Crippen molar-refractivity contribution in [1.29, 1.82) is 0 Å². The number of nitrogens with two attached hydrogens (primary N) is 1. The van der Waals surface area contributed by atoms with Crippen molar-refractivity contribution in [2.45, 2.75) is 45.1 Å². The maximum absolute atomic E-state index is 13.1. The molecule has 2 N–H and O–H groups in total.